The molecule has 0 aromatic carbocycles. The molecule has 0 spiro atoms. The lowest BCUT2D eigenvalue weighted by Gasteiger charge is -2.33. The summed E-state index contributed by atoms with van der Waals surface area (Å²) in [7, 11) is 0. The summed E-state index contributed by atoms with van der Waals surface area (Å²) in [5, 5.41) is 0. The first-order valence-electron chi connectivity index (χ1n) is 18.0. The summed E-state index contributed by atoms with van der Waals surface area (Å²) >= 11 is 0. The molecule has 1 rings (SSSR count). The van der Waals surface area contributed by atoms with E-state index in [9.17, 15) is 0 Å². The molecule has 1 aliphatic rings. The Bertz CT molecular complexity index is 488. The first-order chi connectivity index (χ1) is 18.8. The smallest absolute Gasteiger partial charge is 0.101 e. The molecule has 0 fully saturated rings. The van der Waals surface area contributed by atoms with Crippen molar-refractivity contribution in [2.45, 2.75) is 207 Å². The zero-order chi connectivity index (χ0) is 27.4. The van der Waals surface area contributed by atoms with Gasteiger partial charge in [0.15, 0.2) is 0 Å². The van der Waals surface area contributed by atoms with Crippen LogP contribution in [0.4, 0.5) is 0 Å². The molecule has 1 atom stereocenters. The van der Waals surface area contributed by atoms with E-state index in [1.165, 1.54) is 193 Å². The Morgan fingerprint density at radius 2 is 0.605 bits per heavy atom. The first-order valence-corrected chi connectivity index (χ1v) is 18.0. The van der Waals surface area contributed by atoms with E-state index in [1.54, 1.807) is 0 Å². The Hall–Kier alpha value is -0.660. The maximum absolute atomic E-state index is 2.70. The predicted molar refractivity (Wildman–Crippen MR) is 173 cm³/mol. The molecule has 0 amide bonds. The molecule has 0 N–H and O–H groups in total. The summed E-state index contributed by atoms with van der Waals surface area (Å²) in [6.07, 6.45) is 45.5. The van der Waals surface area contributed by atoms with Gasteiger partial charge in [-0.2, -0.15) is 0 Å². The molecule has 1 aliphatic heterocycles. The summed E-state index contributed by atoms with van der Waals surface area (Å²) in [5.74, 6) is 0. The van der Waals surface area contributed by atoms with Gasteiger partial charge in [0.25, 0.3) is 0 Å². The van der Waals surface area contributed by atoms with Gasteiger partial charge in [0, 0.05) is 25.5 Å². The Balaban J connectivity index is 2.15. The van der Waals surface area contributed by atoms with Crippen LogP contribution in [-0.4, -0.2) is 29.1 Å². The molecule has 1 heterocycles. The second-order valence-electron chi connectivity index (χ2n) is 12.5. The molecule has 1 unspecified atom stereocenters. The Morgan fingerprint density at radius 3 is 0.947 bits per heavy atom. The summed E-state index contributed by atoms with van der Waals surface area (Å²) in [6.45, 7) is 9.47. The van der Waals surface area contributed by atoms with Crippen molar-refractivity contribution in [2.24, 2.45) is 0 Å². The van der Waals surface area contributed by atoms with E-state index in [0.717, 1.165) is 0 Å². The normalized spacial score (nSPS) is 15.3. The van der Waals surface area contributed by atoms with Gasteiger partial charge in [-0.25, -0.2) is 0 Å². The van der Waals surface area contributed by atoms with Crippen LogP contribution in [0.25, 0.3) is 0 Å². The van der Waals surface area contributed by atoms with Crippen molar-refractivity contribution in [2.75, 3.05) is 13.1 Å². The highest BCUT2D eigenvalue weighted by Gasteiger charge is 2.24. The zero-order valence-electron chi connectivity index (χ0n) is 26.8. The van der Waals surface area contributed by atoms with Gasteiger partial charge in [-0.3, -0.25) is 0 Å². The van der Waals surface area contributed by atoms with Gasteiger partial charge in [0.2, 0.25) is 0 Å². The van der Waals surface area contributed by atoms with Crippen molar-refractivity contribution in [3.05, 3.63) is 12.4 Å². The minimum atomic E-state index is 0.642. The van der Waals surface area contributed by atoms with Gasteiger partial charge in [0.1, 0.15) is 6.17 Å². The fourth-order valence-corrected chi connectivity index (χ4v) is 6.19. The van der Waals surface area contributed by atoms with Gasteiger partial charge in [-0.15, -0.1) is 0 Å². The Morgan fingerprint density at radius 1 is 0.342 bits per heavy atom. The van der Waals surface area contributed by atoms with Gasteiger partial charge in [-0.1, -0.05) is 175 Å². The van der Waals surface area contributed by atoms with E-state index in [2.05, 4.69) is 43.0 Å². The van der Waals surface area contributed by atoms with Crippen LogP contribution in [0.1, 0.15) is 201 Å². The van der Waals surface area contributed by atoms with Crippen molar-refractivity contribution in [3.8, 4) is 0 Å². The third-order valence-electron chi connectivity index (χ3n) is 8.82. The molecular weight excluding hydrogens is 460 g/mol. The SMILES string of the molecule is CCCCCCCCCCCCCCCC1N(CCCCCC)C=CN1CCCCCCCCCCCC. The van der Waals surface area contributed by atoms with Crippen LogP contribution in [0, 0.1) is 0 Å². The molecule has 2 heteroatoms. The van der Waals surface area contributed by atoms with Crippen molar-refractivity contribution in [1.82, 2.24) is 9.80 Å². The third kappa shape index (κ3) is 20.3. The van der Waals surface area contributed by atoms with Gasteiger partial charge in [-0.05, 0) is 25.7 Å². The molecule has 0 aromatic rings. The Labute approximate surface area is 241 Å². The van der Waals surface area contributed by atoms with Crippen LogP contribution in [0.5, 0.6) is 0 Å². The maximum Gasteiger partial charge on any atom is 0.101 e. The van der Waals surface area contributed by atoms with E-state index in [-0.39, 0.29) is 0 Å². The fraction of sp³-hybridized carbons (Fsp3) is 0.944. The number of rotatable bonds is 30. The van der Waals surface area contributed by atoms with E-state index >= 15 is 0 Å². The van der Waals surface area contributed by atoms with E-state index in [1.807, 2.05) is 0 Å². The number of hydrogen-bond donors (Lipinski definition) is 0. The largest absolute Gasteiger partial charge is 0.356 e. The molecule has 226 valence electrons. The van der Waals surface area contributed by atoms with Gasteiger partial charge in [0.05, 0.1) is 0 Å². The molecule has 0 saturated heterocycles. The van der Waals surface area contributed by atoms with E-state index in [0.29, 0.717) is 6.17 Å². The molecule has 0 radical (unpaired) electrons. The molecule has 0 bridgehead atoms. The van der Waals surface area contributed by atoms with Crippen molar-refractivity contribution >= 4 is 0 Å². The first kappa shape index (κ1) is 35.4. The van der Waals surface area contributed by atoms with Crippen LogP contribution < -0.4 is 0 Å². The van der Waals surface area contributed by atoms with E-state index < -0.39 is 0 Å². The third-order valence-corrected chi connectivity index (χ3v) is 8.82. The number of nitrogens with zero attached hydrogens (tertiary/aromatic N) is 2. The summed E-state index contributed by atoms with van der Waals surface area (Å²) in [6, 6.07) is 0. The quantitative estimate of drug-likeness (QED) is 0.0848. The van der Waals surface area contributed by atoms with Gasteiger partial charge < -0.3 is 9.80 Å². The highest BCUT2D eigenvalue weighted by molar-refractivity contribution is 4.97. The van der Waals surface area contributed by atoms with Crippen molar-refractivity contribution in [1.29, 1.82) is 0 Å². The molecular formula is C36H72N2. The van der Waals surface area contributed by atoms with Gasteiger partial charge >= 0.3 is 0 Å². The molecule has 0 saturated carbocycles. The topological polar surface area (TPSA) is 6.48 Å². The van der Waals surface area contributed by atoms with Crippen molar-refractivity contribution in [3.63, 3.8) is 0 Å². The minimum Gasteiger partial charge on any atom is -0.356 e. The second kappa shape index (κ2) is 27.9. The maximum atomic E-state index is 2.70. The second-order valence-corrected chi connectivity index (χ2v) is 12.5. The lowest BCUT2D eigenvalue weighted by Crippen LogP contribution is -2.39. The lowest BCUT2D eigenvalue weighted by atomic mass is 10.0. The van der Waals surface area contributed by atoms with Crippen LogP contribution in [0.15, 0.2) is 12.4 Å². The predicted octanol–water partition coefficient (Wildman–Crippen LogP) is 12.4. The van der Waals surface area contributed by atoms with E-state index in [4.69, 9.17) is 0 Å². The van der Waals surface area contributed by atoms with Crippen LogP contribution >= 0.6 is 0 Å². The molecule has 0 aliphatic carbocycles. The summed E-state index contributed by atoms with van der Waals surface area (Å²) in [4.78, 5) is 5.39. The average Bonchev–Trinajstić information content (AvgIpc) is 3.31. The highest BCUT2D eigenvalue weighted by atomic mass is 15.4. The van der Waals surface area contributed by atoms with Crippen LogP contribution in [0.3, 0.4) is 0 Å². The number of hydrogen-bond acceptors (Lipinski definition) is 2. The highest BCUT2D eigenvalue weighted by Crippen LogP contribution is 2.24. The molecule has 2 nitrogen and oxygen atoms in total. The Kier molecular flexibility index (Phi) is 26.0. The average molecular weight is 533 g/mol. The number of unbranched alkanes of at least 4 members (excludes halogenated alkanes) is 24. The molecule has 0 aromatic heterocycles. The lowest BCUT2D eigenvalue weighted by molar-refractivity contribution is 0.135. The summed E-state index contributed by atoms with van der Waals surface area (Å²) in [5.41, 5.74) is 0. The molecule has 38 heavy (non-hydrogen) atoms. The van der Waals surface area contributed by atoms with Crippen LogP contribution in [-0.2, 0) is 0 Å². The van der Waals surface area contributed by atoms with Crippen LogP contribution in [0.2, 0.25) is 0 Å². The monoisotopic (exact) mass is 533 g/mol. The summed E-state index contributed by atoms with van der Waals surface area (Å²) < 4.78 is 0. The van der Waals surface area contributed by atoms with Crippen molar-refractivity contribution < 1.29 is 0 Å². The fourth-order valence-electron chi connectivity index (χ4n) is 6.19. The zero-order valence-corrected chi connectivity index (χ0v) is 26.8. The minimum absolute atomic E-state index is 0.642. The standard InChI is InChI=1S/C36H72N2/c1-4-7-10-13-15-17-19-20-21-22-24-26-28-31-36-37(32-29-12-9-6-3)34-35-38(36)33-30-27-25-23-18-16-14-11-8-5-2/h34-36H,4-33H2,1-3H3.